The Hall–Kier alpha value is -3.78. The topological polar surface area (TPSA) is 91.0 Å². The maximum absolute atomic E-state index is 12.0. The fourth-order valence-corrected chi connectivity index (χ4v) is 3.31. The van der Waals surface area contributed by atoms with E-state index in [4.69, 9.17) is 9.47 Å². The second kappa shape index (κ2) is 8.07. The number of thiophene rings is 1. The summed E-state index contributed by atoms with van der Waals surface area (Å²) in [6.45, 7) is 0.211. The summed E-state index contributed by atoms with van der Waals surface area (Å²) in [6, 6.07) is 17.1. The molecular formula is C21H14N2O5S. The fourth-order valence-electron chi connectivity index (χ4n) is 2.66. The molecule has 0 fully saturated rings. The predicted molar refractivity (Wildman–Crippen MR) is 109 cm³/mol. The van der Waals surface area contributed by atoms with Crippen molar-refractivity contribution >= 4 is 35.0 Å². The number of carbonyl (C=O) groups excluding carboxylic acids is 1. The first-order valence-corrected chi connectivity index (χ1v) is 9.49. The van der Waals surface area contributed by atoms with Crippen LogP contribution in [-0.2, 0) is 16.1 Å². The number of esters is 1. The average molecular weight is 406 g/mol. The van der Waals surface area contributed by atoms with Crippen LogP contribution in [0.3, 0.4) is 0 Å². The van der Waals surface area contributed by atoms with Crippen molar-refractivity contribution in [2.75, 3.05) is 0 Å². The lowest BCUT2D eigenvalue weighted by Gasteiger charge is -2.06. The van der Waals surface area contributed by atoms with E-state index >= 15 is 0 Å². The lowest BCUT2D eigenvalue weighted by Crippen LogP contribution is -2.03. The van der Waals surface area contributed by atoms with Gasteiger partial charge in [-0.15, -0.1) is 11.3 Å². The molecule has 144 valence electrons. The Balaban J connectivity index is 1.43. The van der Waals surface area contributed by atoms with Gasteiger partial charge in [-0.2, -0.15) is 0 Å². The summed E-state index contributed by atoms with van der Waals surface area (Å²) in [7, 11) is 0. The van der Waals surface area contributed by atoms with Crippen LogP contribution in [0.5, 0.6) is 5.75 Å². The van der Waals surface area contributed by atoms with Crippen LogP contribution in [0.1, 0.15) is 16.0 Å². The number of nitro benzene ring substituents is 1. The van der Waals surface area contributed by atoms with Gasteiger partial charge < -0.3 is 9.47 Å². The monoisotopic (exact) mass is 406 g/mol. The number of carbonyl (C=O) groups is 1. The molecule has 0 unspecified atom stereocenters. The van der Waals surface area contributed by atoms with Crippen molar-refractivity contribution < 1.29 is 19.2 Å². The number of hydrogen-bond donors (Lipinski definition) is 0. The van der Waals surface area contributed by atoms with Crippen LogP contribution in [0.4, 0.5) is 5.69 Å². The smallest absolute Gasteiger partial charge is 0.363 e. The van der Waals surface area contributed by atoms with Crippen molar-refractivity contribution in [1.82, 2.24) is 0 Å². The van der Waals surface area contributed by atoms with E-state index in [-0.39, 0.29) is 18.0 Å². The number of nitrogens with zero attached hydrogens (tertiary/aromatic N) is 2. The van der Waals surface area contributed by atoms with E-state index in [1.807, 2.05) is 17.5 Å². The van der Waals surface area contributed by atoms with Gasteiger partial charge in [0.2, 0.25) is 5.90 Å². The first-order chi connectivity index (χ1) is 14.1. The van der Waals surface area contributed by atoms with Gasteiger partial charge in [0, 0.05) is 12.1 Å². The van der Waals surface area contributed by atoms with Gasteiger partial charge in [-0.25, -0.2) is 9.79 Å². The van der Waals surface area contributed by atoms with E-state index in [0.717, 1.165) is 10.4 Å². The van der Waals surface area contributed by atoms with Gasteiger partial charge in [-0.1, -0.05) is 30.3 Å². The molecule has 0 saturated carbocycles. The minimum absolute atomic E-state index is 0.0268. The summed E-state index contributed by atoms with van der Waals surface area (Å²) in [5.74, 6) is 0.433. The quantitative estimate of drug-likeness (QED) is 0.259. The van der Waals surface area contributed by atoms with Crippen LogP contribution in [0, 0.1) is 10.1 Å². The van der Waals surface area contributed by atoms with Gasteiger partial charge in [0.25, 0.3) is 5.69 Å². The van der Waals surface area contributed by atoms with Gasteiger partial charge in [0.1, 0.15) is 12.4 Å². The summed E-state index contributed by atoms with van der Waals surface area (Å²) in [6.07, 6.45) is 1.65. The maximum Gasteiger partial charge on any atom is 0.363 e. The molecule has 0 aliphatic carbocycles. The molecule has 8 heteroatoms. The highest BCUT2D eigenvalue weighted by atomic mass is 32.1. The Bertz CT molecular complexity index is 1120. The van der Waals surface area contributed by atoms with Crippen molar-refractivity contribution in [3.63, 3.8) is 0 Å². The van der Waals surface area contributed by atoms with E-state index in [1.165, 1.54) is 23.5 Å². The van der Waals surface area contributed by atoms with Gasteiger partial charge >= 0.3 is 5.97 Å². The van der Waals surface area contributed by atoms with Gasteiger partial charge in [0.05, 0.1) is 9.80 Å². The van der Waals surface area contributed by atoms with Crippen LogP contribution < -0.4 is 4.74 Å². The number of aliphatic imine (C=N–C) groups is 1. The summed E-state index contributed by atoms with van der Waals surface area (Å²) in [5, 5.41) is 12.7. The Kier molecular flexibility index (Phi) is 5.17. The molecule has 0 radical (unpaired) electrons. The van der Waals surface area contributed by atoms with Crippen LogP contribution in [0.15, 0.2) is 76.7 Å². The lowest BCUT2D eigenvalue weighted by atomic mass is 10.2. The van der Waals surface area contributed by atoms with Crippen molar-refractivity contribution in [2.45, 2.75) is 6.61 Å². The van der Waals surface area contributed by atoms with Crippen molar-refractivity contribution in [1.29, 1.82) is 0 Å². The molecule has 1 aromatic heterocycles. The number of benzene rings is 2. The lowest BCUT2D eigenvalue weighted by molar-refractivity contribution is -0.384. The van der Waals surface area contributed by atoms with Crippen molar-refractivity contribution in [2.24, 2.45) is 4.99 Å². The third kappa shape index (κ3) is 4.39. The van der Waals surface area contributed by atoms with E-state index in [2.05, 4.69) is 4.99 Å². The summed E-state index contributed by atoms with van der Waals surface area (Å²) in [4.78, 5) is 27.5. The average Bonchev–Trinajstić information content (AvgIpc) is 3.38. The highest BCUT2D eigenvalue weighted by Gasteiger charge is 2.24. The van der Waals surface area contributed by atoms with Crippen LogP contribution in [0.25, 0.3) is 6.08 Å². The van der Waals surface area contributed by atoms with Crippen molar-refractivity contribution in [3.8, 4) is 5.75 Å². The second-order valence-electron chi connectivity index (χ2n) is 6.10. The third-order valence-electron chi connectivity index (χ3n) is 4.06. The van der Waals surface area contributed by atoms with E-state index in [0.29, 0.717) is 17.2 Å². The van der Waals surface area contributed by atoms with E-state index in [1.54, 1.807) is 42.5 Å². The number of nitro groups is 1. The SMILES string of the molecule is O=C1OC(c2cccs2)=NC1=Cc1ccc(OCc2cccc([N+](=O)[O-])c2)cc1. The van der Waals surface area contributed by atoms with Crippen LogP contribution in [-0.4, -0.2) is 16.8 Å². The molecule has 2 aromatic carbocycles. The molecule has 7 nitrogen and oxygen atoms in total. The molecule has 0 amide bonds. The molecule has 0 atom stereocenters. The minimum Gasteiger partial charge on any atom is -0.489 e. The van der Waals surface area contributed by atoms with Gasteiger partial charge in [-0.05, 0) is 40.8 Å². The number of ether oxygens (including phenoxy) is 2. The number of rotatable bonds is 6. The molecule has 0 spiro atoms. The van der Waals surface area contributed by atoms with Gasteiger partial charge in [0.15, 0.2) is 5.70 Å². The van der Waals surface area contributed by atoms with Crippen molar-refractivity contribution in [3.05, 3.63) is 97.9 Å². The first kappa shape index (κ1) is 18.6. The zero-order chi connectivity index (χ0) is 20.2. The molecule has 0 saturated heterocycles. The van der Waals surface area contributed by atoms with Crippen LogP contribution >= 0.6 is 11.3 Å². The summed E-state index contributed by atoms with van der Waals surface area (Å²) < 4.78 is 10.9. The predicted octanol–water partition coefficient (Wildman–Crippen LogP) is 4.58. The summed E-state index contributed by atoms with van der Waals surface area (Å²) in [5.41, 5.74) is 1.74. The van der Waals surface area contributed by atoms with E-state index in [9.17, 15) is 14.9 Å². The Labute approximate surface area is 169 Å². The Morgan fingerprint density at radius 3 is 2.69 bits per heavy atom. The zero-order valence-corrected chi connectivity index (χ0v) is 15.8. The molecule has 29 heavy (non-hydrogen) atoms. The highest BCUT2D eigenvalue weighted by Crippen LogP contribution is 2.23. The largest absolute Gasteiger partial charge is 0.489 e. The minimum atomic E-state index is -0.487. The molecule has 0 bridgehead atoms. The Morgan fingerprint density at radius 2 is 1.97 bits per heavy atom. The highest BCUT2D eigenvalue weighted by molar-refractivity contribution is 7.12. The maximum atomic E-state index is 12.0. The second-order valence-corrected chi connectivity index (χ2v) is 7.05. The summed E-state index contributed by atoms with van der Waals surface area (Å²) >= 11 is 1.45. The van der Waals surface area contributed by atoms with Gasteiger partial charge in [-0.3, -0.25) is 10.1 Å². The third-order valence-corrected chi connectivity index (χ3v) is 4.92. The standard InChI is InChI=1S/C21H14N2O5S/c24-21-18(22-20(28-21)19-5-2-10-29-19)12-14-6-8-17(9-7-14)27-13-15-3-1-4-16(11-15)23(25)26/h1-12H,13H2. The molecule has 2 heterocycles. The number of hydrogen-bond acceptors (Lipinski definition) is 7. The normalized spacial score (nSPS) is 14.6. The molecule has 1 aliphatic heterocycles. The first-order valence-electron chi connectivity index (χ1n) is 8.61. The fraction of sp³-hybridized carbons (Fsp3) is 0.0476. The number of non-ortho nitro benzene ring substituents is 1. The molecule has 0 N–H and O–H groups in total. The molecule has 1 aliphatic rings. The van der Waals surface area contributed by atoms with E-state index < -0.39 is 10.9 Å². The zero-order valence-electron chi connectivity index (χ0n) is 15.0. The molecule has 3 aromatic rings. The Morgan fingerprint density at radius 1 is 1.14 bits per heavy atom. The number of cyclic esters (lactones) is 1. The van der Waals surface area contributed by atoms with Crippen LogP contribution in [0.2, 0.25) is 0 Å². The molecular weight excluding hydrogens is 392 g/mol. The molecule has 4 rings (SSSR count).